The standard InChI is InChI=1S/C15H20INO3/c1-17(11-15(19)6-8-20-9-7-15)10-14(18)12-2-4-13(16)5-3-12/h2-5,19H,6-11H2,1H3. The molecule has 0 radical (unpaired) electrons. The molecular formula is C15H20INO3. The first-order chi connectivity index (χ1) is 9.48. The number of nitrogens with zero attached hydrogens (tertiary/aromatic N) is 1. The zero-order chi connectivity index (χ0) is 14.6. The topological polar surface area (TPSA) is 49.8 Å². The lowest BCUT2D eigenvalue weighted by Crippen LogP contribution is -2.46. The van der Waals surface area contributed by atoms with Gasteiger partial charge in [0, 0.05) is 41.7 Å². The largest absolute Gasteiger partial charge is 0.388 e. The molecule has 4 nitrogen and oxygen atoms in total. The minimum Gasteiger partial charge on any atom is -0.388 e. The van der Waals surface area contributed by atoms with Crippen LogP contribution in [0, 0.1) is 3.57 Å². The average Bonchev–Trinajstić information content (AvgIpc) is 2.39. The molecule has 110 valence electrons. The van der Waals surface area contributed by atoms with Gasteiger partial charge in [-0.05, 0) is 41.8 Å². The van der Waals surface area contributed by atoms with E-state index in [0.717, 1.165) is 9.13 Å². The monoisotopic (exact) mass is 389 g/mol. The van der Waals surface area contributed by atoms with Gasteiger partial charge in [0.2, 0.25) is 0 Å². The smallest absolute Gasteiger partial charge is 0.176 e. The molecule has 1 heterocycles. The van der Waals surface area contributed by atoms with Gasteiger partial charge in [0.05, 0.1) is 12.1 Å². The van der Waals surface area contributed by atoms with Crippen LogP contribution in [0.15, 0.2) is 24.3 Å². The molecule has 1 aliphatic heterocycles. The van der Waals surface area contributed by atoms with E-state index >= 15 is 0 Å². The highest BCUT2D eigenvalue weighted by Gasteiger charge is 2.31. The van der Waals surface area contributed by atoms with Crippen molar-refractivity contribution < 1.29 is 14.6 Å². The third kappa shape index (κ3) is 4.51. The van der Waals surface area contributed by atoms with E-state index in [9.17, 15) is 9.90 Å². The number of ether oxygens (including phenoxy) is 1. The predicted molar refractivity (Wildman–Crippen MR) is 86.0 cm³/mol. The van der Waals surface area contributed by atoms with Gasteiger partial charge >= 0.3 is 0 Å². The second kappa shape index (κ2) is 6.98. The van der Waals surface area contributed by atoms with Crippen molar-refractivity contribution in [1.29, 1.82) is 0 Å². The Kier molecular flexibility index (Phi) is 5.54. The molecule has 5 heteroatoms. The number of Topliss-reactive ketones (excluding diaryl/α,β-unsaturated/α-hetero) is 1. The third-order valence-corrected chi connectivity index (χ3v) is 4.29. The predicted octanol–water partition coefficient (Wildman–Crippen LogP) is 1.95. The van der Waals surface area contributed by atoms with Crippen molar-refractivity contribution in [2.45, 2.75) is 18.4 Å². The van der Waals surface area contributed by atoms with Crippen LogP contribution in [0.1, 0.15) is 23.2 Å². The molecule has 1 fully saturated rings. The van der Waals surface area contributed by atoms with E-state index in [2.05, 4.69) is 22.6 Å². The Morgan fingerprint density at radius 3 is 2.55 bits per heavy atom. The summed E-state index contributed by atoms with van der Waals surface area (Å²) in [4.78, 5) is 14.1. The first kappa shape index (κ1) is 15.9. The number of halogens is 1. The summed E-state index contributed by atoms with van der Waals surface area (Å²) >= 11 is 2.22. The summed E-state index contributed by atoms with van der Waals surface area (Å²) in [5, 5.41) is 10.4. The first-order valence-electron chi connectivity index (χ1n) is 6.76. The Bertz CT molecular complexity index is 455. The van der Waals surface area contributed by atoms with Gasteiger partial charge in [0.25, 0.3) is 0 Å². The van der Waals surface area contributed by atoms with Crippen molar-refractivity contribution in [1.82, 2.24) is 4.90 Å². The Labute approximate surface area is 133 Å². The average molecular weight is 389 g/mol. The number of carbonyl (C=O) groups is 1. The molecule has 0 aromatic heterocycles. The van der Waals surface area contributed by atoms with Crippen LogP contribution in [0.2, 0.25) is 0 Å². The van der Waals surface area contributed by atoms with E-state index in [0.29, 0.717) is 39.1 Å². The van der Waals surface area contributed by atoms with Gasteiger partial charge in [0.1, 0.15) is 0 Å². The van der Waals surface area contributed by atoms with Crippen LogP contribution in [0.25, 0.3) is 0 Å². The molecule has 0 bridgehead atoms. The number of ketones is 1. The fourth-order valence-electron chi connectivity index (χ4n) is 2.44. The highest BCUT2D eigenvalue weighted by Crippen LogP contribution is 2.21. The Balaban J connectivity index is 1.89. The summed E-state index contributed by atoms with van der Waals surface area (Å²) in [6.07, 6.45) is 1.27. The van der Waals surface area contributed by atoms with Crippen molar-refractivity contribution in [2.24, 2.45) is 0 Å². The Morgan fingerprint density at radius 2 is 1.95 bits per heavy atom. The number of hydrogen-bond donors (Lipinski definition) is 1. The van der Waals surface area contributed by atoms with Crippen LogP contribution >= 0.6 is 22.6 Å². The maximum atomic E-state index is 12.2. The van der Waals surface area contributed by atoms with Gasteiger partial charge in [-0.15, -0.1) is 0 Å². The van der Waals surface area contributed by atoms with E-state index in [-0.39, 0.29) is 5.78 Å². The maximum Gasteiger partial charge on any atom is 0.176 e. The molecule has 1 aromatic carbocycles. The van der Waals surface area contributed by atoms with E-state index in [4.69, 9.17) is 4.74 Å². The molecule has 0 atom stereocenters. The number of benzene rings is 1. The molecule has 0 amide bonds. The second-order valence-corrected chi connectivity index (χ2v) is 6.68. The minimum atomic E-state index is -0.723. The summed E-state index contributed by atoms with van der Waals surface area (Å²) in [6, 6.07) is 7.56. The van der Waals surface area contributed by atoms with Crippen LogP contribution in [0.3, 0.4) is 0 Å². The zero-order valence-electron chi connectivity index (χ0n) is 11.6. The number of hydrogen-bond acceptors (Lipinski definition) is 4. The third-order valence-electron chi connectivity index (χ3n) is 3.57. The van der Waals surface area contributed by atoms with E-state index in [1.807, 2.05) is 36.2 Å². The molecule has 0 aliphatic carbocycles. The second-order valence-electron chi connectivity index (χ2n) is 5.44. The molecule has 1 saturated heterocycles. The summed E-state index contributed by atoms with van der Waals surface area (Å²) in [6.45, 7) is 2.01. The molecular weight excluding hydrogens is 369 g/mol. The van der Waals surface area contributed by atoms with Gasteiger partial charge in [0.15, 0.2) is 5.78 Å². The molecule has 0 spiro atoms. The van der Waals surface area contributed by atoms with Crippen LogP contribution < -0.4 is 0 Å². The molecule has 20 heavy (non-hydrogen) atoms. The summed E-state index contributed by atoms with van der Waals surface area (Å²) in [5.74, 6) is 0.0829. The number of carbonyl (C=O) groups excluding carboxylic acids is 1. The summed E-state index contributed by atoms with van der Waals surface area (Å²) < 4.78 is 6.38. The molecule has 1 N–H and O–H groups in total. The maximum absolute atomic E-state index is 12.2. The van der Waals surface area contributed by atoms with Crippen molar-refractivity contribution >= 4 is 28.4 Å². The SMILES string of the molecule is CN(CC(=O)c1ccc(I)cc1)CC1(O)CCOCC1. The van der Waals surface area contributed by atoms with Gasteiger partial charge in [-0.1, -0.05) is 12.1 Å². The van der Waals surface area contributed by atoms with Gasteiger partial charge in [-0.2, -0.15) is 0 Å². The van der Waals surface area contributed by atoms with Gasteiger partial charge in [-0.3, -0.25) is 9.69 Å². The lowest BCUT2D eigenvalue weighted by molar-refractivity contribution is -0.0758. The van der Waals surface area contributed by atoms with Gasteiger partial charge < -0.3 is 9.84 Å². The molecule has 2 rings (SSSR count). The molecule has 1 aromatic rings. The summed E-state index contributed by atoms with van der Waals surface area (Å²) in [7, 11) is 1.87. The van der Waals surface area contributed by atoms with Crippen molar-refractivity contribution in [3.63, 3.8) is 0 Å². The number of rotatable bonds is 5. The Morgan fingerprint density at radius 1 is 1.35 bits per heavy atom. The highest BCUT2D eigenvalue weighted by atomic mass is 127. The fraction of sp³-hybridized carbons (Fsp3) is 0.533. The van der Waals surface area contributed by atoms with Crippen LogP contribution in [-0.2, 0) is 4.74 Å². The Hall–Kier alpha value is -0.500. The van der Waals surface area contributed by atoms with Crippen LogP contribution in [-0.4, -0.2) is 54.7 Å². The van der Waals surface area contributed by atoms with E-state index < -0.39 is 5.60 Å². The lowest BCUT2D eigenvalue weighted by atomic mass is 9.94. The first-order valence-corrected chi connectivity index (χ1v) is 7.84. The zero-order valence-corrected chi connectivity index (χ0v) is 13.8. The molecule has 0 saturated carbocycles. The van der Waals surface area contributed by atoms with Crippen molar-refractivity contribution in [3.8, 4) is 0 Å². The molecule has 0 unspecified atom stereocenters. The van der Waals surface area contributed by atoms with Gasteiger partial charge in [-0.25, -0.2) is 0 Å². The minimum absolute atomic E-state index is 0.0829. The van der Waals surface area contributed by atoms with E-state index in [1.54, 1.807) is 0 Å². The number of aliphatic hydroxyl groups is 1. The fourth-order valence-corrected chi connectivity index (χ4v) is 2.80. The quantitative estimate of drug-likeness (QED) is 0.618. The van der Waals surface area contributed by atoms with E-state index in [1.165, 1.54) is 0 Å². The normalized spacial score (nSPS) is 18.2. The van der Waals surface area contributed by atoms with Crippen LogP contribution in [0.5, 0.6) is 0 Å². The molecule has 1 aliphatic rings. The van der Waals surface area contributed by atoms with Crippen molar-refractivity contribution in [3.05, 3.63) is 33.4 Å². The van der Waals surface area contributed by atoms with Crippen molar-refractivity contribution in [2.75, 3.05) is 33.4 Å². The van der Waals surface area contributed by atoms with Crippen LogP contribution in [0.4, 0.5) is 0 Å². The number of likely N-dealkylation sites (N-methyl/N-ethyl adjacent to an activating group) is 1. The highest BCUT2D eigenvalue weighted by molar-refractivity contribution is 14.1. The lowest BCUT2D eigenvalue weighted by Gasteiger charge is -2.35. The summed E-state index contributed by atoms with van der Waals surface area (Å²) in [5.41, 5.74) is -0.00414.